The van der Waals surface area contributed by atoms with Gasteiger partial charge >= 0.3 is 0 Å². The number of rotatable bonds is 6. The van der Waals surface area contributed by atoms with Crippen LogP contribution in [0.2, 0.25) is 0 Å². The van der Waals surface area contributed by atoms with Gasteiger partial charge in [-0.2, -0.15) is 0 Å². The molecule has 0 saturated heterocycles. The fourth-order valence-electron chi connectivity index (χ4n) is 2.46. The summed E-state index contributed by atoms with van der Waals surface area (Å²) in [6.07, 6.45) is 4.63. The summed E-state index contributed by atoms with van der Waals surface area (Å²) < 4.78 is 34.3. The number of ether oxygens (including phenoxy) is 1. The van der Waals surface area contributed by atoms with E-state index in [4.69, 9.17) is 4.74 Å². The molecule has 1 aromatic heterocycles. The molecule has 1 N–H and O–H groups in total. The van der Waals surface area contributed by atoms with Gasteiger partial charge in [-0.1, -0.05) is 6.07 Å². The SMILES string of the molecule is COc1cc(NCc2ccc(-n3ccnc3)c(F)c2)c([N+](=O)[O-])cc1F. The molecule has 134 valence electrons. The van der Waals surface area contributed by atoms with Crippen molar-refractivity contribution in [2.45, 2.75) is 6.54 Å². The average molecular weight is 360 g/mol. The van der Waals surface area contributed by atoms with Crippen LogP contribution in [0.1, 0.15) is 5.56 Å². The van der Waals surface area contributed by atoms with Crippen LogP contribution in [0.25, 0.3) is 5.69 Å². The molecule has 0 amide bonds. The van der Waals surface area contributed by atoms with Crippen molar-refractivity contribution >= 4 is 11.4 Å². The largest absolute Gasteiger partial charge is 0.494 e. The molecule has 7 nitrogen and oxygen atoms in total. The first kappa shape index (κ1) is 17.3. The maximum Gasteiger partial charge on any atom is 0.295 e. The maximum absolute atomic E-state index is 14.3. The first-order chi connectivity index (χ1) is 12.5. The van der Waals surface area contributed by atoms with Crippen LogP contribution in [0.4, 0.5) is 20.2 Å². The van der Waals surface area contributed by atoms with Crippen LogP contribution in [0.3, 0.4) is 0 Å². The van der Waals surface area contributed by atoms with Gasteiger partial charge in [-0.25, -0.2) is 13.8 Å². The van der Waals surface area contributed by atoms with E-state index >= 15 is 0 Å². The van der Waals surface area contributed by atoms with Crippen LogP contribution in [-0.2, 0) is 6.54 Å². The number of hydrogen-bond acceptors (Lipinski definition) is 5. The summed E-state index contributed by atoms with van der Waals surface area (Å²) in [5.74, 6) is -1.42. The Hall–Kier alpha value is -3.49. The van der Waals surface area contributed by atoms with Gasteiger partial charge in [0.25, 0.3) is 5.69 Å². The minimum Gasteiger partial charge on any atom is -0.494 e. The van der Waals surface area contributed by atoms with Crippen LogP contribution >= 0.6 is 0 Å². The lowest BCUT2D eigenvalue weighted by Crippen LogP contribution is -2.05. The molecule has 0 unspecified atom stereocenters. The van der Waals surface area contributed by atoms with Crippen molar-refractivity contribution in [1.82, 2.24) is 9.55 Å². The Balaban J connectivity index is 1.83. The Morgan fingerprint density at radius 3 is 2.69 bits per heavy atom. The molecule has 0 spiro atoms. The van der Waals surface area contributed by atoms with Crippen LogP contribution < -0.4 is 10.1 Å². The lowest BCUT2D eigenvalue weighted by Gasteiger charge is -2.11. The summed E-state index contributed by atoms with van der Waals surface area (Å²) >= 11 is 0. The number of benzene rings is 2. The summed E-state index contributed by atoms with van der Waals surface area (Å²) in [7, 11) is 1.26. The molecule has 3 aromatic rings. The van der Waals surface area contributed by atoms with Crippen molar-refractivity contribution in [3.63, 3.8) is 0 Å². The van der Waals surface area contributed by atoms with Crippen molar-refractivity contribution in [2.24, 2.45) is 0 Å². The van der Waals surface area contributed by atoms with Crippen LogP contribution in [0, 0.1) is 21.7 Å². The molecule has 0 bridgehead atoms. The Morgan fingerprint density at radius 1 is 1.27 bits per heavy atom. The highest BCUT2D eigenvalue weighted by atomic mass is 19.1. The van der Waals surface area contributed by atoms with Crippen molar-refractivity contribution in [3.05, 3.63) is 76.4 Å². The number of imidazole rings is 1. The van der Waals surface area contributed by atoms with Crippen molar-refractivity contribution in [3.8, 4) is 11.4 Å². The molecule has 0 atom stereocenters. The van der Waals surface area contributed by atoms with E-state index in [-0.39, 0.29) is 18.0 Å². The number of nitrogens with one attached hydrogen (secondary N) is 1. The molecular formula is C17H14F2N4O3. The van der Waals surface area contributed by atoms with Gasteiger partial charge in [-0.05, 0) is 17.7 Å². The van der Waals surface area contributed by atoms with E-state index in [0.717, 1.165) is 6.07 Å². The third-order valence-electron chi connectivity index (χ3n) is 3.74. The Bertz CT molecular complexity index is 945. The number of nitrogens with zero attached hydrogens (tertiary/aromatic N) is 3. The van der Waals surface area contributed by atoms with E-state index in [1.165, 1.54) is 36.3 Å². The number of nitro groups is 1. The average Bonchev–Trinajstić information content (AvgIpc) is 3.14. The van der Waals surface area contributed by atoms with Gasteiger partial charge in [0.15, 0.2) is 11.6 Å². The first-order valence-electron chi connectivity index (χ1n) is 7.52. The van der Waals surface area contributed by atoms with Crippen LogP contribution in [0.15, 0.2) is 49.1 Å². The lowest BCUT2D eigenvalue weighted by molar-refractivity contribution is -0.384. The minimum atomic E-state index is -0.833. The van der Waals surface area contributed by atoms with Gasteiger partial charge in [-0.3, -0.25) is 10.1 Å². The second-order valence-corrected chi connectivity index (χ2v) is 5.37. The van der Waals surface area contributed by atoms with Gasteiger partial charge in [0, 0.05) is 25.0 Å². The summed E-state index contributed by atoms with van der Waals surface area (Å²) in [5, 5.41) is 13.9. The highest BCUT2D eigenvalue weighted by Gasteiger charge is 2.19. The molecule has 0 fully saturated rings. The fraction of sp³-hybridized carbons (Fsp3) is 0.118. The molecule has 0 saturated carbocycles. The predicted octanol–water partition coefficient (Wildman–Crippen LogP) is 3.68. The first-order valence-corrected chi connectivity index (χ1v) is 7.52. The summed E-state index contributed by atoms with van der Waals surface area (Å²) in [6.45, 7) is 0.108. The van der Waals surface area contributed by atoms with Gasteiger partial charge in [-0.15, -0.1) is 0 Å². The zero-order valence-electron chi connectivity index (χ0n) is 13.6. The second kappa shape index (κ2) is 7.18. The highest BCUT2D eigenvalue weighted by molar-refractivity contribution is 5.64. The molecule has 0 aliphatic rings. The molecule has 2 aromatic carbocycles. The third-order valence-corrected chi connectivity index (χ3v) is 3.74. The predicted molar refractivity (Wildman–Crippen MR) is 90.5 cm³/mol. The number of halogens is 2. The molecule has 9 heteroatoms. The maximum atomic E-state index is 14.3. The standard InChI is InChI=1S/C17H14F2N4O3/c1-26-17-8-14(16(23(24)25)7-13(17)19)21-9-11-2-3-15(12(18)6-11)22-5-4-20-10-22/h2-8,10,21H,9H2,1H3. The van der Waals surface area contributed by atoms with E-state index in [1.807, 2.05) is 0 Å². The highest BCUT2D eigenvalue weighted by Crippen LogP contribution is 2.32. The van der Waals surface area contributed by atoms with Gasteiger partial charge in [0.05, 0.1) is 30.1 Å². The number of hydrogen-bond donors (Lipinski definition) is 1. The molecule has 0 aliphatic carbocycles. The van der Waals surface area contributed by atoms with Crippen molar-refractivity contribution in [2.75, 3.05) is 12.4 Å². The number of nitro benzene ring substituents is 1. The van der Waals surface area contributed by atoms with Gasteiger partial charge < -0.3 is 14.6 Å². The summed E-state index contributed by atoms with van der Waals surface area (Å²) in [5.41, 5.74) is 0.538. The fourth-order valence-corrected chi connectivity index (χ4v) is 2.46. The van der Waals surface area contributed by atoms with E-state index in [0.29, 0.717) is 11.3 Å². The molecular weight excluding hydrogens is 346 g/mol. The quantitative estimate of drug-likeness (QED) is 0.536. The topological polar surface area (TPSA) is 82.2 Å². The monoisotopic (exact) mass is 360 g/mol. The number of aromatic nitrogens is 2. The van der Waals surface area contributed by atoms with E-state index in [9.17, 15) is 18.9 Å². The minimum absolute atomic E-state index is 0.0762. The Labute approximate surface area is 147 Å². The molecule has 3 rings (SSSR count). The zero-order chi connectivity index (χ0) is 18.7. The third kappa shape index (κ3) is 3.46. The van der Waals surface area contributed by atoms with Crippen LogP contribution in [0.5, 0.6) is 5.75 Å². The smallest absolute Gasteiger partial charge is 0.295 e. The van der Waals surface area contributed by atoms with Crippen molar-refractivity contribution < 1.29 is 18.4 Å². The Kier molecular flexibility index (Phi) is 4.78. The van der Waals surface area contributed by atoms with E-state index in [1.54, 1.807) is 18.3 Å². The number of methoxy groups -OCH3 is 1. The van der Waals surface area contributed by atoms with E-state index in [2.05, 4.69) is 10.3 Å². The van der Waals surface area contributed by atoms with E-state index < -0.39 is 22.2 Å². The summed E-state index contributed by atoms with van der Waals surface area (Å²) in [4.78, 5) is 14.3. The van der Waals surface area contributed by atoms with Crippen LogP contribution in [-0.4, -0.2) is 21.6 Å². The van der Waals surface area contributed by atoms with Crippen molar-refractivity contribution in [1.29, 1.82) is 0 Å². The second-order valence-electron chi connectivity index (χ2n) is 5.37. The molecule has 0 radical (unpaired) electrons. The Morgan fingerprint density at radius 2 is 2.08 bits per heavy atom. The molecule has 1 heterocycles. The van der Waals surface area contributed by atoms with Gasteiger partial charge in [0.1, 0.15) is 11.5 Å². The molecule has 0 aliphatic heterocycles. The van der Waals surface area contributed by atoms with Gasteiger partial charge in [0.2, 0.25) is 0 Å². The number of anilines is 1. The summed E-state index contributed by atoms with van der Waals surface area (Å²) in [6, 6.07) is 6.55. The lowest BCUT2D eigenvalue weighted by atomic mass is 10.1. The normalized spacial score (nSPS) is 10.6. The molecule has 26 heavy (non-hydrogen) atoms. The zero-order valence-corrected chi connectivity index (χ0v) is 13.6.